The summed E-state index contributed by atoms with van der Waals surface area (Å²) in [7, 11) is 0. The third kappa shape index (κ3) is 1.06. The summed E-state index contributed by atoms with van der Waals surface area (Å²) in [6.07, 6.45) is 0. The van der Waals surface area contributed by atoms with Crippen molar-refractivity contribution in [1.29, 1.82) is 0 Å². The summed E-state index contributed by atoms with van der Waals surface area (Å²) in [5, 5.41) is 0.203. The topological polar surface area (TPSA) is 54.9 Å². The van der Waals surface area contributed by atoms with Crippen molar-refractivity contribution in [2.24, 2.45) is 0 Å². The molecule has 0 aliphatic heterocycles. The average molecular weight is 194 g/mol. The molecule has 2 rings (SSSR count). The summed E-state index contributed by atoms with van der Waals surface area (Å²) in [4.78, 5) is 24.1. The number of aromatic amines is 1. The monoisotopic (exact) mass is 194 g/mol. The Balaban J connectivity index is 3.18. The van der Waals surface area contributed by atoms with E-state index in [1.807, 2.05) is 4.98 Å². The number of aromatic nitrogens is 2. The highest BCUT2D eigenvalue weighted by Gasteiger charge is 2.07. The maximum Gasteiger partial charge on any atom is 0.357 e. The average Bonchev–Trinajstić information content (AvgIpc) is 2.14. The Morgan fingerprint density at radius 2 is 2.07 bits per heavy atom. The molecule has 1 aromatic heterocycles. The Morgan fingerprint density at radius 3 is 2.79 bits per heavy atom. The van der Waals surface area contributed by atoms with E-state index < -0.39 is 11.2 Å². The van der Waals surface area contributed by atoms with Crippen LogP contribution in [0.3, 0.4) is 0 Å². The van der Waals surface area contributed by atoms with Crippen LogP contribution in [-0.2, 0) is 0 Å². The number of hydrogen-bond acceptors (Lipinski definition) is 2. The molecule has 0 bridgehead atoms. The second-order valence-corrected chi connectivity index (χ2v) is 3.01. The molecular weight excluding hydrogens is 187 g/mol. The van der Waals surface area contributed by atoms with Crippen LogP contribution in [0.5, 0.6) is 0 Å². The first-order chi connectivity index (χ1) is 6.61. The first-order valence-electron chi connectivity index (χ1n) is 4.02. The lowest BCUT2D eigenvalue weighted by Gasteiger charge is -2.01. The molecule has 1 heterocycles. The molecule has 14 heavy (non-hydrogen) atoms. The lowest BCUT2D eigenvalue weighted by Crippen LogP contribution is -2.27. The minimum absolute atomic E-state index is 0.00116. The summed E-state index contributed by atoms with van der Waals surface area (Å²) in [6.45, 7) is 1.68. The Kier molecular flexibility index (Phi) is 1.73. The van der Waals surface area contributed by atoms with E-state index in [-0.39, 0.29) is 15.7 Å². The number of halogens is 1. The number of fused-ring (bicyclic) bond motifs is 1. The van der Waals surface area contributed by atoms with Crippen LogP contribution in [0.1, 0.15) is 5.56 Å². The lowest BCUT2D eigenvalue weighted by atomic mass is 10.1. The van der Waals surface area contributed by atoms with Gasteiger partial charge >= 0.3 is 5.69 Å². The number of hydrogen-bond donors (Lipinski definition) is 1. The zero-order valence-electron chi connectivity index (χ0n) is 7.37. The molecule has 72 valence electrons. The normalized spacial score (nSPS) is 10.7. The molecule has 0 unspecified atom stereocenters. The van der Waals surface area contributed by atoms with Gasteiger partial charge in [0.15, 0.2) is 0 Å². The number of H-pyrrole nitrogens is 1. The summed E-state index contributed by atoms with van der Waals surface area (Å²) >= 11 is 0. The molecule has 5 heteroatoms. The van der Waals surface area contributed by atoms with Gasteiger partial charge in [0.25, 0.3) is 5.56 Å². The number of rotatable bonds is 0. The van der Waals surface area contributed by atoms with Gasteiger partial charge in [0.1, 0.15) is 0 Å². The Morgan fingerprint density at radius 1 is 1.36 bits per heavy atom. The van der Waals surface area contributed by atoms with Gasteiger partial charge in [0, 0.05) is 0 Å². The van der Waals surface area contributed by atoms with Crippen LogP contribution in [0.25, 0.3) is 10.9 Å². The predicted octanol–water partition coefficient (Wildman–Crippen LogP) is 0.731. The summed E-state index contributed by atoms with van der Waals surface area (Å²) in [6, 6.07) is 4.66. The van der Waals surface area contributed by atoms with Gasteiger partial charge in [-0.2, -0.15) is 0 Å². The van der Waals surface area contributed by atoms with Gasteiger partial charge in [0.2, 0.25) is 0 Å². The van der Waals surface area contributed by atoms with Crippen LogP contribution in [0.15, 0.2) is 27.8 Å². The van der Waals surface area contributed by atoms with Crippen molar-refractivity contribution in [1.82, 2.24) is 9.77 Å². The van der Waals surface area contributed by atoms with Gasteiger partial charge in [-0.1, -0.05) is 16.6 Å². The molecule has 0 aliphatic carbocycles. The molecule has 0 amide bonds. The third-order valence-corrected chi connectivity index (χ3v) is 2.09. The summed E-state index contributed by atoms with van der Waals surface area (Å²) in [5.41, 5.74) is -0.973. The highest BCUT2D eigenvalue weighted by molar-refractivity contribution is 5.80. The standard InChI is InChI=1S/C9H7FN2O2/c1-5-3-2-4-6-7(5)8(13)11-9(14)12(6)10/h2-4H,1H3,(H,11,13,14). The third-order valence-electron chi connectivity index (χ3n) is 2.09. The first kappa shape index (κ1) is 8.68. The van der Waals surface area contributed by atoms with Crippen molar-refractivity contribution in [3.05, 3.63) is 44.6 Å². The van der Waals surface area contributed by atoms with E-state index in [1.165, 1.54) is 6.07 Å². The highest BCUT2D eigenvalue weighted by Crippen LogP contribution is 2.11. The van der Waals surface area contributed by atoms with Crippen LogP contribution < -0.4 is 11.2 Å². The maximum atomic E-state index is 13.2. The van der Waals surface area contributed by atoms with Crippen molar-refractivity contribution < 1.29 is 4.48 Å². The van der Waals surface area contributed by atoms with E-state index in [0.29, 0.717) is 5.56 Å². The van der Waals surface area contributed by atoms with Crippen molar-refractivity contribution in [3.63, 3.8) is 0 Å². The van der Waals surface area contributed by atoms with E-state index in [9.17, 15) is 14.1 Å². The first-order valence-corrected chi connectivity index (χ1v) is 4.02. The number of nitrogens with one attached hydrogen (secondary N) is 1. The molecular formula is C9H7FN2O2. The Hall–Kier alpha value is -1.91. The van der Waals surface area contributed by atoms with Crippen LogP contribution in [-0.4, -0.2) is 9.77 Å². The molecule has 0 saturated heterocycles. The van der Waals surface area contributed by atoms with Crippen molar-refractivity contribution in [3.8, 4) is 0 Å². The minimum Gasteiger partial charge on any atom is -0.271 e. The van der Waals surface area contributed by atoms with Gasteiger partial charge < -0.3 is 0 Å². The van der Waals surface area contributed by atoms with E-state index in [4.69, 9.17) is 0 Å². The smallest absolute Gasteiger partial charge is 0.271 e. The van der Waals surface area contributed by atoms with Crippen molar-refractivity contribution in [2.75, 3.05) is 0 Å². The number of nitrogens with zero attached hydrogens (tertiary/aromatic N) is 1. The molecule has 4 nitrogen and oxygen atoms in total. The van der Waals surface area contributed by atoms with Gasteiger partial charge in [-0.3, -0.25) is 9.78 Å². The van der Waals surface area contributed by atoms with Gasteiger partial charge in [-0.05, 0) is 18.6 Å². The van der Waals surface area contributed by atoms with Gasteiger partial charge in [-0.15, -0.1) is 4.79 Å². The Bertz CT molecular complexity index is 612. The van der Waals surface area contributed by atoms with Crippen molar-refractivity contribution in [2.45, 2.75) is 6.92 Å². The molecule has 0 fully saturated rings. The van der Waals surface area contributed by atoms with E-state index in [2.05, 4.69) is 0 Å². The van der Waals surface area contributed by atoms with Crippen LogP contribution in [0.4, 0.5) is 4.48 Å². The molecule has 1 N–H and O–H groups in total. The summed E-state index contributed by atoms with van der Waals surface area (Å²) in [5.74, 6) is 0. The zero-order chi connectivity index (χ0) is 10.3. The fraction of sp³-hybridized carbons (Fsp3) is 0.111. The van der Waals surface area contributed by atoms with E-state index >= 15 is 0 Å². The van der Waals surface area contributed by atoms with E-state index in [1.54, 1.807) is 19.1 Å². The Labute approximate surface area is 77.6 Å². The number of aryl methyl sites for hydroxylation is 1. The second kappa shape index (κ2) is 2.80. The van der Waals surface area contributed by atoms with Crippen LogP contribution in [0.2, 0.25) is 0 Å². The lowest BCUT2D eigenvalue weighted by molar-refractivity contribution is 0.362. The summed E-state index contributed by atoms with van der Waals surface area (Å²) < 4.78 is 13.2. The van der Waals surface area contributed by atoms with Gasteiger partial charge in [-0.25, -0.2) is 4.79 Å². The molecule has 0 atom stereocenters. The van der Waals surface area contributed by atoms with E-state index in [0.717, 1.165) is 0 Å². The van der Waals surface area contributed by atoms with Crippen molar-refractivity contribution >= 4 is 10.9 Å². The van der Waals surface area contributed by atoms with Crippen LogP contribution >= 0.6 is 0 Å². The fourth-order valence-corrected chi connectivity index (χ4v) is 1.43. The molecule has 0 radical (unpaired) electrons. The number of benzene rings is 1. The highest BCUT2D eigenvalue weighted by atomic mass is 19.2. The quantitative estimate of drug-likeness (QED) is 0.672. The maximum absolute atomic E-state index is 13.2. The van der Waals surface area contributed by atoms with Gasteiger partial charge in [0.05, 0.1) is 10.9 Å². The molecule has 1 aromatic carbocycles. The molecule has 0 saturated carbocycles. The molecule has 0 spiro atoms. The molecule has 0 aliphatic rings. The predicted molar refractivity (Wildman–Crippen MR) is 50.1 cm³/mol. The largest absolute Gasteiger partial charge is 0.357 e. The fourth-order valence-electron chi connectivity index (χ4n) is 1.43. The zero-order valence-corrected chi connectivity index (χ0v) is 7.37. The second-order valence-electron chi connectivity index (χ2n) is 3.01. The SMILES string of the molecule is Cc1cccc2c1c(=O)[nH]c(=O)n2F. The van der Waals surface area contributed by atoms with Crippen LogP contribution in [0, 0.1) is 6.92 Å². The minimum atomic E-state index is -1.05. The molecule has 2 aromatic rings.